The second kappa shape index (κ2) is 7.77. The maximum absolute atomic E-state index is 12.4. The molecular weight excluding hydrogens is 284 g/mol. The summed E-state index contributed by atoms with van der Waals surface area (Å²) in [5, 5.41) is 11.7. The number of carbonyl (C=O) groups is 3. The maximum Gasteiger partial charge on any atom is 0.326 e. The van der Waals surface area contributed by atoms with Crippen molar-refractivity contribution in [2.75, 3.05) is 0 Å². The smallest absolute Gasteiger partial charge is 0.326 e. The van der Waals surface area contributed by atoms with Crippen molar-refractivity contribution in [2.45, 2.75) is 59.4 Å². The molecule has 1 heterocycles. The third kappa shape index (κ3) is 3.96. The first-order chi connectivity index (χ1) is 10.3. The summed E-state index contributed by atoms with van der Waals surface area (Å²) in [6.07, 6.45) is 2.40. The molecule has 0 fully saturated rings. The number of aryl methyl sites for hydroxylation is 1. The van der Waals surface area contributed by atoms with Crippen LogP contribution in [0.2, 0.25) is 0 Å². The van der Waals surface area contributed by atoms with Crippen LogP contribution >= 0.6 is 0 Å². The third-order valence-electron chi connectivity index (χ3n) is 3.55. The molecule has 6 nitrogen and oxygen atoms in total. The topological polar surface area (TPSA) is 99.3 Å². The number of rotatable bonds is 8. The summed E-state index contributed by atoms with van der Waals surface area (Å²) in [6.45, 7) is 7.03. The van der Waals surface area contributed by atoms with E-state index in [9.17, 15) is 14.4 Å². The lowest BCUT2D eigenvalue weighted by Gasteiger charge is -2.13. The number of H-pyrrole nitrogens is 1. The zero-order valence-electron chi connectivity index (χ0n) is 13.6. The highest BCUT2D eigenvalue weighted by Gasteiger charge is 2.25. The lowest BCUT2D eigenvalue weighted by atomic mass is 10.0. The molecule has 0 spiro atoms. The van der Waals surface area contributed by atoms with E-state index in [0.29, 0.717) is 41.8 Å². The molecule has 1 amide bonds. The predicted molar refractivity (Wildman–Crippen MR) is 83.3 cm³/mol. The van der Waals surface area contributed by atoms with Gasteiger partial charge in [-0.25, -0.2) is 4.79 Å². The van der Waals surface area contributed by atoms with Crippen molar-refractivity contribution in [3.63, 3.8) is 0 Å². The molecule has 1 aromatic heterocycles. The number of carboxylic acids is 1. The van der Waals surface area contributed by atoms with Gasteiger partial charge in [0, 0.05) is 11.3 Å². The fraction of sp³-hybridized carbons (Fsp3) is 0.562. The molecule has 0 bridgehead atoms. The minimum Gasteiger partial charge on any atom is -0.480 e. The molecule has 1 rings (SSSR count). The standard InChI is InChI=1S/C16H24N2O4/c1-5-7-11-13(10(4)19)9(3)17-14(11)15(20)18-12(8-6-2)16(21)22/h12,17H,5-8H2,1-4H3,(H,18,20)(H,21,22). The predicted octanol–water partition coefficient (Wildman–Crippen LogP) is 2.46. The van der Waals surface area contributed by atoms with E-state index in [4.69, 9.17) is 5.11 Å². The van der Waals surface area contributed by atoms with E-state index < -0.39 is 17.9 Å². The van der Waals surface area contributed by atoms with Gasteiger partial charge in [-0.05, 0) is 32.3 Å². The van der Waals surface area contributed by atoms with E-state index >= 15 is 0 Å². The zero-order chi connectivity index (χ0) is 16.9. The first-order valence-corrected chi connectivity index (χ1v) is 7.59. The summed E-state index contributed by atoms with van der Waals surface area (Å²) in [5.74, 6) is -1.62. The Morgan fingerprint density at radius 2 is 1.86 bits per heavy atom. The summed E-state index contributed by atoms with van der Waals surface area (Å²) in [7, 11) is 0. The fourth-order valence-electron chi connectivity index (χ4n) is 2.62. The number of hydrogen-bond donors (Lipinski definition) is 3. The Hall–Kier alpha value is -2.11. The largest absolute Gasteiger partial charge is 0.480 e. The summed E-state index contributed by atoms with van der Waals surface area (Å²) >= 11 is 0. The van der Waals surface area contributed by atoms with Gasteiger partial charge in [-0.2, -0.15) is 0 Å². The van der Waals surface area contributed by atoms with Crippen molar-refractivity contribution in [3.05, 3.63) is 22.5 Å². The number of aliphatic carboxylic acids is 1. The lowest BCUT2D eigenvalue weighted by Crippen LogP contribution is -2.41. The second-order valence-corrected chi connectivity index (χ2v) is 5.44. The van der Waals surface area contributed by atoms with Crippen LogP contribution in [0.25, 0.3) is 0 Å². The Morgan fingerprint density at radius 3 is 2.32 bits per heavy atom. The van der Waals surface area contributed by atoms with E-state index in [1.165, 1.54) is 6.92 Å². The molecule has 1 aromatic rings. The number of carbonyl (C=O) groups excluding carboxylic acids is 2. The maximum atomic E-state index is 12.4. The number of aromatic amines is 1. The van der Waals surface area contributed by atoms with Crippen molar-refractivity contribution < 1.29 is 19.5 Å². The molecule has 1 atom stereocenters. The van der Waals surface area contributed by atoms with Crippen LogP contribution in [0.4, 0.5) is 0 Å². The molecule has 0 aliphatic carbocycles. The lowest BCUT2D eigenvalue weighted by molar-refractivity contribution is -0.139. The minimum absolute atomic E-state index is 0.0976. The van der Waals surface area contributed by atoms with Gasteiger partial charge in [0.1, 0.15) is 11.7 Å². The van der Waals surface area contributed by atoms with Gasteiger partial charge in [0.05, 0.1) is 0 Å². The van der Waals surface area contributed by atoms with Crippen LogP contribution in [-0.2, 0) is 11.2 Å². The van der Waals surface area contributed by atoms with Gasteiger partial charge in [0.15, 0.2) is 5.78 Å². The van der Waals surface area contributed by atoms with E-state index in [0.717, 1.165) is 6.42 Å². The van der Waals surface area contributed by atoms with Gasteiger partial charge >= 0.3 is 5.97 Å². The van der Waals surface area contributed by atoms with E-state index in [-0.39, 0.29) is 5.78 Å². The summed E-state index contributed by atoms with van der Waals surface area (Å²) in [6, 6.07) is -0.920. The highest BCUT2D eigenvalue weighted by atomic mass is 16.4. The quantitative estimate of drug-likeness (QED) is 0.642. The molecule has 0 saturated heterocycles. The van der Waals surface area contributed by atoms with E-state index in [1.54, 1.807) is 6.92 Å². The number of aromatic nitrogens is 1. The molecule has 22 heavy (non-hydrogen) atoms. The van der Waals surface area contributed by atoms with Crippen LogP contribution in [-0.4, -0.2) is 33.8 Å². The van der Waals surface area contributed by atoms with Crippen LogP contribution in [0.15, 0.2) is 0 Å². The van der Waals surface area contributed by atoms with Crippen molar-refractivity contribution in [3.8, 4) is 0 Å². The van der Waals surface area contributed by atoms with Gasteiger partial charge in [-0.1, -0.05) is 26.7 Å². The second-order valence-electron chi connectivity index (χ2n) is 5.44. The number of Topliss-reactive ketones (excluding diaryl/α,β-unsaturated/α-hetero) is 1. The molecule has 3 N–H and O–H groups in total. The van der Waals surface area contributed by atoms with Crippen molar-refractivity contribution in [2.24, 2.45) is 0 Å². The molecule has 0 aromatic carbocycles. The van der Waals surface area contributed by atoms with Crippen molar-refractivity contribution in [1.82, 2.24) is 10.3 Å². The van der Waals surface area contributed by atoms with Crippen LogP contribution in [0.1, 0.15) is 72.1 Å². The first-order valence-electron chi connectivity index (χ1n) is 7.59. The number of amides is 1. The van der Waals surface area contributed by atoms with Crippen molar-refractivity contribution in [1.29, 1.82) is 0 Å². The van der Waals surface area contributed by atoms with Crippen LogP contribution in [0.5, 0.6) is 0 Å². The molecule has 1 unspecified atom stereocenters. The summed E-state index contributed by atoms with van der Waals surface area (Å²) in [5.41, 5.74) is 2.15. The van der Waals surface area contributed by atoms with Gasteiger partial charge < -0.3 is 15.4 Å². The van der Waals surface area contributed by atoms with Crippen molar-refractivity contribution >= 4 is 17.7 Å². The molecule has 122 valence electrons. The summed E-state index contributed by atoms with van der Waals surface area (Å²) < 4.78 is 0. The molecule has 0 aliphatic rings. The monoisotopic (exact) mass is 308 g/mol. The zero-order valence-corrected chi connectivity index (χ0v) is 13.6. The molecule has 0 aliphatic heterocycles. The Balaban J connectivity index is 3.14. The molecule has 0 saturated carbocycles. The molecule has 0 radical (unpaired) electrons. The first kappa shape index (κ1) is 17.9. The van der Waals surface area contributed by atoms with Gasteiger partial charge in [0.25, 0.3) is 5.91 Å². The third-order valence-corrected chi connectivity index (χ3v) is 3.55. The van der Waals surface area contributed by atoms with E-state index in [1.807, 2.05) is 13.8 Å². The Kier molecular flexibility index (Phi) is 6.34. The number of nitrogens with one attached hydrogen (secondary N) is 2. The minimum atomic E-state index is -1.05. The highest BCUT2D eigenvalue weighted by molar-refractivity contribution is 6.03. The van der Waals surface area contributed by atoms with Crippen LogP contribution < -0.4 is 5.32 Å². The fourth-order valence-corrected chi connectivity index (χ4v) is 2.62. The number of hydrogen-bond acceptors (Lipinski definition) is 3. The van der Waals surface area contributed by atoms with Gasteiger partial charge in [-0.15, -0.1) is 0 Å². The molecular formula is C16H24N2O4. The average Bonchev–Trinajstić information content (AvgIpc) is 2.75. The Bertz CT molecular complexity index is 575. The summed E-state index contributed by atoms with van der Waals surface area (Å²) in [4.78, 5) is 38.3. The van der Waals surface area contributed by atoms with Gasteiger partial charge in [0.2, 0.25) is 0 Å². The van der Waals surface area contributed by atoms with Crippen LogP contribution in [0.3, 0.4) is 0 Å². The molecule has 6 heteroatoms. The van der Waals surface area contributed by atoms with Crippen LogP contribution in [0, 0.1) is 6.92 Å². The Labute approximate surface area is 130 Å². The van der Waals surface area contributed by atoms with E-state index in [2.05, 4.69) is 10.3 Å². The SMILES string of the molecule is CCCc1c(C(=O)NC(CCC)C(=O)O)[nH]c(C)c1C(C)=O. The Morgan fingerprint density at radius 1 is 1.23 bits per heavy atom. The highest BCUT2D eigenvalue weighted by Crippen LogP contribution is 2.21. The van der Waals surface area contributed by atoms with Gasteiger partial charge in [-0.3, -0.25) is 9.59 Å². The number of ketones is 1. The normalized spacial score (nSPS) is 12.0. The number of carboxylic acid groups (broad SMARTS) is 1. The average molecular weight is 308 g/mol.